The topological polar surface area (TPSA) is 51.0 Å². The Labute approximate surface area is 141 Å². The maximum atomic E-state index is 13.3. The van der Waals surface area contributed by atoms with Gasteiger partial charge in [0.15, 0.2) is 0 Å². The molecule has 0 atom stereocenters. The molecular weight excluding hydrogens is 329 g/mol. The molecule has 4 nitrogen and oxygen atoms in total. The molecule has 0 aliphatic heterocycles. The molecule has 4 aromatic rings. The van der Waals surface area contributed by atoms with Crippen LogP contribution in [0, 0.1) is 5.82 Å². The summed E-state index contributed by atoms with van der Waals surface area (Å²) in [6, 6.07) is 13.9. The number of hydrogen-bond acceptors (Lipinski definition) is 4. The van der Waals surface area contributed by atoms with Crippen molar-refractivity contribution >= 4 is 34.0 Å². The summed E-state index contributed by atoms with van der Waals surface area (Å²) in [5, 5.41) is 4.04. The zero-order valence-electron chi connectivity index (χ0n) is 12.3. The van der Waals surface area contributed by atoms with Gasteiger partial charge < -0.3 is 9.73 Å². The third-order valence-corrected chi connectivity index (χ3v) is 3.91. The van der Waals surface area contributed by atoms with Crippen molar-refractivity contribution in [2.45, 2.75) is 0 Å². The first-order chi connectivity index (χ1) is 11.7. The molecule has 0 saturated heterocycles. The van der Waals surface area contributed by atoms with Gasteiger partial charge in [0.1, 0.15) is 23.7 Å². The van der Waals surface area contributed by atoms with Gasteiger partial charge in [-0.3, -0.25) is 0 Å². The minimum atomic E-state index is -0.460. The van der Waals surface area contributed by atoms with Crippen molar-refractivity contribution in [2.24, 2.45) is 0 Å². The summed E-state index contributed by atoms with van der Waals surface area (Å²) >= 11 is 5.82. The van der Waals surface area contributed by atoms with Gasteiger partial charge >= 0.3 is 0 Å². The van der Waals surface area contributed by atoms with Crippen LogP contribution in [-0.4, -0.2) is 9.97 Å². The van der Waals surface area contributed by atoms with E-state index in [1.54, 1.807) is 12.3 Å². The lowest BCUT2D eigenvalue weighted by molar-refractivity contribution is 0.582. The van der Waals surface area contributed by atoms with Crippen molar-refractivity contribution in [3.8, 4) is 11.3 Å². The molecule has 0 amide bonds. The molecule has 0 spiro atoms. The van der Waals surface area contributed by atoms with Crippen molar-refractivity contribution in [2.75, 3.05) is 5.32 Å². The summed E-state index contributed by atoms with van der Waals surface area (Å²) in [4.78, 5) is 8.57. The predicted octanol–water partition coefficient (Wildman–Crippen LogP) is 5.43. The Morgan fingerprint density at radius 1 is 1.04 bits per heavy atom. The summed E-state index contributed by atoms with van der Waals surface area (Å²) in [5.74, 6) is 0.932. The highest BCUT2D eigenvalue weighted by Crippen LogP contribution is 2.29. The molecule has 2 aromatic carbocycles. The van der Waals surface area contributed by atoms with Crippen LogP contribution in [0.4, 0.5) is 15.9 Å². The second-order valence-corrected chi connectivity index (χ2v) is 5.59. The molecule has 24 heavy (non-hydrogen) atoms. The number of anilines is 2. The monoisotopic (exact) mass is 339 g/mol. The van der Waals surface area contributed by atoms with Gasteiger partial charge in [-0.15, -0.1) is 0 Å². The maximum Gasteiger partial charge on any atom is 0.141 e. The van der Waals surface area contributed by atoms with Crippen molar-refractivity contribution in [1.82, 2.24) is 9.97 Å². The molecule has 0 bridgehead atoms. The lowest BCUT2D eigenvalue weighted by atomic mass is 10.1. The number of nitrogens with zero attached hydrogens (tertiary/aromatic N) is 2. The Morgan fingerprint density at radius 2 is 1.96 bits per heavy atom. The van der Waals surface area contributed by atoms with Gasteiger partial charge in [0.25, 0.3) is 0 Å². The molecule has 0 aliphatic rings. The fourth-order valence-electron chi connectivity index (χ4n) is 2.46. The summed E-state index contributed by atoms with van der Waals surface area (Å²) < 4.78 is 18.7. The largest absolute Gasteiger partial charge is 0.464 e. The van der Waals surface area contributed by atoms with Crippen LogP contribution in [-0.2, 0) is 0 Å². The van der Waals surface area contributed by atoms with E-state index < -0.39 is 5.82 Å². The first-order valence-electron chi connectivity index (χ1n) is 7.21. The molecule has 6 heteroatoms. The van der Waals surface area contributed by atoms with E-state index in [0.717, 1.165) is 22.2 Å². The number of hydrogen-bond donors (Lipinski definition) is 1. The molecule has 0 aliphatic carbocycles. The number of furan rings is 1. The maximum absolute atomic E-state index is 13.3. The van der Waals surface area contributed by atoms with E-state index in [2.05, 4.69) is 15.3 Å². The number of benzene rings is 2. The fraction of sp³-hybridized carbons (Fsp3) is 0. The van der Waals surface area contributed by atoms with Crippen LogP contribution in [0.5, 0.6) is 0 Å². The van der Waals surface area contributed by atoms with Crippen LogP contribution in [0.1, 0.15) is 0 Å². The van der Waals surface area contributed by atoms with E-state index >= 15 is 0 Å². The number of halogens is 2. The van der Waals surface area contributed by atoms with Crippen molar-refractivity contribution in [3.63, 3.8) is 0 Å². The van der Waals surface area contributed by atoms with Gasteiger partial charge in [0, 0.05) is 16.6 Å². The summed E-state index contributed by atoms with van der Waals surface area (Å²) in [5.41, 5.74) is 2.35. The average Bonchev–Trinajstić information content (AvgIpc) is 3.13. The first kappa shape index (κ1) is 14.7. The van der Waals surface area contributed by atoms with Crippen LogP contribution < -0.4 is 5.32 Å². The number of nitrogens with one attached hydrogen (secondary N) is 1. The zero-order chi connectivity index (χ0) is 16.5. The highest BCUT2D eigenvalue weighted by atomic mass is 35.5. The smallest absolute Gasteiger partial charge is 0.141 e. The molecular formula is C18H11ClFN3O. The molecule has 4 rings (SSSR count). The molecule has 0 fully saturated rings. The van der Waals surface area contributed by atoms with Gasteiger partial charge in [-0.25, -0.2) is 14.4 Å². The minimum Gasteiger partial charge on any atom is -0.464 e. The SMILES string of the molecule is Fc1ccc(Nc2ncnc3cc(-c4ccco4)ccc23)cc1Cl. The van der Waals surface area contributed by atoms with Gasteiger partial charge in [-0.1, -0.05) is 17.7 Å². The lowest BCUT2D eigenvalue weighted by Gasteiger charge is -2.09. The van der Waals surface area contributed by atoms with E-state index in [9.17, 15) is 4.39 Å². The van der Waals surface area contributed by atoms with Crippen LogP contribution in [0.2, 0.25) is 5.02 Å². The molecule has 2 heterocycles. The third-order valence-electron chi connectivity index (χ3n) is 3.62. The second-order valence-electron chi connectivity index (χ2n) is 5.19. The second kappa shape index (κ2) is 5.94. The molecule has 118 valence electrons. The summed E-state index contributed by atoms with van der Waals surface area (Å²) in [7, 11) is 0. The van der Waals surface area contributed by atoms with Gasteiger partial charge in [0.2, 0.25) is 0 Å². The average molecular weight is 340 g/mol. The standard InChI is InChI=1S/C18H11ClFN3O/c19-14-9-12(4-6-15(14)20)23-18-13-5-3-11(17-2-1-7-24-17)8-16(13)21-10-22-18/h1-10H,(H,21,22,23). The fourth-order valence-corrected chi connectivity index (χ4v) is 2.64. The van der Waals surface area contributed by atoms with Crippen molar-refractivity contribution in [3.05, 3.63) is 72.0 Å². The van der Waals surface area contributed by atoms with Crippen LogP contribution in [0.15, 0.2) is 65.5 Å². The molecule has 2 aromatic heterocycles. The zero-order valence-corrected chi connectivity index (χ0v) is 13.1. The van der Waals surface area contributed by atoms with Crippen LogP contribution >= 0.6 is 11.6 Å². The third kappa shape index (κ3) is 2.70. The van der Waals surface area contributed by atoms with Crippen molar-refractivity contribution in [1.29, 1.82) is 0 Å². The summed E-state index contributed by atoms with van der Waals surface area (Å²) in [6.07, 6.45) is 3.10. The van der Waals surface area contributed by atoms with E-state index in [1.165, 1.54) is 18.5 Å². The van der Waals surface area contributed by atoms with E-state index in [-0.39, 0.29) is 5.02 Å². The number of fused-ring (bicyclic) bond motifs is 1. The molecule has 0 saturated carbocycles. The van der Waals surface area contributed by atoms with Crippen LogP contribution in [0.3, 0.4) is 0 Å². The van der Waals surface area contributed by atoms with Gasteiger partial charge in [-0.2, -0.15) is 0 Å². The Bertz CT molecular complexity index is 1020. The number of rotatable bonds is 3. The van der Waals surface area contributed by atoms with E-state index in [0.29, 0.717) is 11.5 Å². The Hall–Kier alpha value is -2.92. The van der Waals surface area contributed by atoms with Gasteiger partial charge in [0.05, 0.1) is 16.8 Å². The van der Waals surface area contributed by atoms with E-state index in [4.69, 9.17) is 16.0 Å². The lowest BCUT2D eigenvalue weighted by Crippen LogP contribution is -1.96. The highest BCUT2D eigenvalue weighted by Gasteiger charge is 2.08. The number of aromatic nitrogens is 2. The minimum absolute atomic E-state index is 0.0541. The normalized spacial score (nSPS) is 10.9. The summed E-state index contributed by atoms with van der Waals surface area (Å²) in [6.45, 7) is 0. The van der Waals surface area contributed by atoms with Gasteiger partial charge in [-0.05, 0) is 42.5 Å². The molecule has 0 radical (unpaired) electrons. The van der Waals surface area contributed by atoms with Crippen LogP contribution in [0.25, 0.3) is 22.2 Å². The highest BCUT2D eigenvalue weighted by molar-refractivity contribution is 6.31. The quantitative estimate of drug-likeness (QED) is 0.541. The van der Waals surface area contributed by atoms with Crippen molar-refractivity contribution < 1.29 is 8.81 Å². The Balaban J connectivity index is 1.74. The predicted molar refractivity (Wildman–Crippen MR) is 91.9 cm³/mol. The first-order valence-corrected chi connectivity index (χ1v) is 7.59. The Kier molecular flexibility index (Phi) is 3.63. The Morgan fingerprint density at radius 3 is 2.75 bits per heavy atom. The molecule has 1 N–H and O–H groups in total. The molecule has 0 unspecified atom stereocenters. The van der Waals surface area contributed by atoms with E-state index in [1.807, 2.05) is 30.3 Å².